The number of carbonyl (C=O) groups excluding carboxylic acids is 1. The first-order valence-electron chi connectivity index (χ1n) is 11.3. The van der Waals surface area contributed by atoms with Crippen LogP contribution < -0.4 is 5.32 Å². The number of piperidine rings is 1. The van der Waals surface area contributed by atoms with Crippen LogP contribution in [0.1, 0.15) is 29.3 Å². The van der Waals surface area contributed by atoms with Crippen LogP contribution in [0, 0.1) is 5.92 Å². The number of morpholine rings is 1. The fourth-order valence-corrected chi connectivity index (χ4v) is 6.88. The molecule has 5 rings (SSSR count). The van der Waals surface area contributed by atoms with E-state index in [9.17, 15) is 13.2 Å². The molecule has 1 unspecified atom stereocenters. The molecule has 0 aliphatic carbocycles. The van der Waals surface area contributed by atoms with Gasteiger partial charge >= 0.3 is 0 Å². The van der Waals surface area contributed by atoms with Crippen LogP contribution in [0.2, 0.25) is 0 Å². The summed E-state index contributed by atoms with van der Waals surface area (Å²) in [6.07, 6.45) is 1.35. The van der Waals surface area contributed by atoms with Gasteiger partial charge in [-0.15, -0.1) is 15.7 Å². The summed E-state index contributed by atoms with van der Waals surface area (Å²) in [6.45, 7) is 4.97. The Morgan fingerprint density at radius 2 is 1.88 bits per heavy atom. The molecule has 33 heavy (non-hydrogen) atoms. The Morgan fingerprint density at radius 3 is 2.61 bits per heavy atom. The number of amides is 1. The third-order valence-electron chi connectivity index (χ3n) is 6.61. The summed E-state index contributed by atoms with van der Waals surface area (Å²) in [6, 6.07) is 11.3. The monoisotopic (exact) mass is 488 g/mol. The Kier molecular flexibility index (Phi) is 6.51. The largest absolute Gasteiger partial charge is 0.379 e. The van der Waals surface area contributed by atoms with E-state index >= 15 is 0 Å². The number of amidine groups is 1. The van der Waals surface area contributed by atoms with E-state index in [1.807, 2.05) is 11.0 Å². The third-order valence-corrected chi connectivity index (χ3v) is 8.90. The summed E-state index contributed by atoms with van der Waals surface area (Å²) in [5.74, 6) is 0.504. The predicted molar refractivity (Wildman–Crippen MR) is 127 cm³/mol. The number of nitrogens with one attached hydrogen (secondary N) is 1. The highest BCUT2D eigenvalue weighted by Crippen LogP contribution is 2.30. The van der Waals surface area contributed by atoms with Gasteiger partial charge in [-0.3, -0.25) is 9.69 Å². The van der Waals surface area contributed by atoms with Crippen molar-refractivity contribution in [3.05, 3.63) is 52.2 Å². The molecular formula is C23H28N4O4S2. The molecule has 1 aromatic carbocycles. The number of likely N-dealkylation sites (tertiary alicyclic amines) is 1. The first-order chi connectivity index (χ1) is 16.0. The second-order valence-corrected chi connectivity index (χ2v) is 11.1. The van der Waals surface area contributed by atoms with Gasteiger partial charge in [0.2, 0.25) is 5.91 Å². The van der Waals surface area contributed by atoms with Crippen LogP contribution in [0.3, 0.4) is 0 Å². The van der Waals surface area contributed by atoms with Gasteiger partial charge in [0, 0.05) is 49.1 Å². The maximum absolute atomic E-state index is 13.0. The number of hydrogen-bond donors (Lipinski definition) is 1. The summed E-state index contributed by atoms with van der Waals surface area (Å²) >= 11 is 1.72. The molecule has 10 heteroatoms. The molecule has 0 radical (unpaired) electrons. The van der Waals surface area contributed by atoms with Crippen LogP contribution in [0.25, 0.3) is 0 Å². The molecule has 1 N–H and O–H groups in total. The van der Waals surface area contributed by atoms with Gasteiger partial charge in [0.25, 0.3) is 10.0 Å². The van der Waals surface area contributed by atoms with E-state index < -0.39 is 10.0 Å². The van der Waals surface area contributed by atoms with E-state index in [-0.39, 0.29) is 22.8 Å². The van der Waals surface area contributed by atoms with E-state index in [1.54, 1.807) is 29.5 Å². The van der Waals surface area contributed by atoms with Crippen LogP contribution in [-0.2, 0) is 19.6 Å². The lowest BCUT2D eigenvalue weighted by atomic mass is 9.95. The number of rotatable bonds is 5. The Labute approximate surface area is 198 Å². The Balaban J connectivity index is 1.19. The molecule has 0 spiro atoms. The highest BCUT2D eigenvalue weighted by molar-refractivity contribution is 7.90. The zero-order chi connectivity index (χ0) is 22.8. The normalized spacial score (nSPS) is 21.9. The standard InChI is InChI=1S/C23H28N4O4S2/c28-23(24-16-19(20-5-3-15-32-20)26-11-13-31-14-12-26)17-7-9-27(10-8-17)22-18-4-1-2-6-21(18)33(29,30)25-22/h1-6,15,17,19H,7-14,16H2,(H,24,28). The minimum atomic E-state index is -3.63. The number of carbonyl (C=O) groups is 1. The van der Waals surface area contributed by atoms with E-state index in [0.717, 1.165) is 26.3 Å². The lowest BCUT2D eigenvalue weighted by molar-refractivity contribution is -0.126. The molecule has 0 saturated carbocycles. The SMILES string of the molecule is O=C(NCC(c1cccs1)N1CCOCC1)C1CCN(C2=NS(=O)(=O)c3ccccc32)CC1. The topological polar surface area (TPSA) is 91.3 Å². The van der Waals surface area contributed by atoms with Gasteiger partial charge in [0.15, 0.2) is 5.84 Å². The second kappa shape index (κ2) is 9.54. The summed E-state index contributed by atoms with van der Waals surface area (Å²) in [4.78, 5) is 18.9. The minimum Gasteiger partial charge on any atom is -0.379 e. The number of fused-ring (bicyclic) bond motifs is 1. The Bertz CT molecular complexity index is 1120. The van der Waals surface area contributed by atoms with E-state index in [4.69, 9.17) is 4.74 Å². The van der Waals surface area contributed by atoms with Crippen molar-refractivity contribution in [3.63, 3.8) is 0 Å². The molecule has 4 heterocycles. The summed E-state index contributed by atoms with van der Waals surface area (Å²) in [7, 11) is -3.63. The Morgan fingerprint density at radius 1 is 1.12 bits per heavy atom. The maximum Gasteiger partial charge on any atom is 0.285 e. The molecule has 176 valence electrons. The van der Waals surface area contributed by atoms with Gasteiger partial charge in [0.1, 0.15) is 4.90 Å². The molecule has 1 amide bonds. The number of ether oxygens (including phenoxy) is 1. The molecule has 1 aromatic heterocycles. The van der Waals surface area contributed by atoms with Gasteiger partial charge in [-0.05, 0) is 36.4 Å². The number of sulfonamides is 1. The fourth-order valence-electron chi connectivity index (χ4n) is 4.79. The molecule has 0 bridgehead atoms. The van der Waals surface area contributed by atoms with Gasteiger partial charge in [-0.1, -0.05) is 18.2 Å². The fraction of sp³-hybridized carbons (Fsp3) is 0.478. The molecule has 2 fully saturated rings. The van der Waals surface area contributed by atoms with Gasteiger partial charge < -0.3 is 15.0 Å². The first-order valence-corrected chi connectivity index (χ1v) is 13.7. The second-order valence-electron chi connectivity index (χ2n) is 8.57. The number of hydrogen-bond acceptors (Lipinski definition) is 7. The number of nitrogens with zero attached hydrogens (tertiary/aromatic N) is 3. The van der Waals surface area contributed by atoms with Crippen LogP contribution in [0.5, 0.6) is 0 Å². The molecule has 2 aromatic rings. The highest BCUT2D eigenvalue weighted by Gasteiger charge is 2.34. The Hall–Kier alpha value is -2.27. The summed E-state index contributed by atoms with van der Waals surface area (Å²) < 4.78 is 34.3. The van der Waals surface area contributed by atoms with Crippen molar-refractivity contribution in [3.8, 4) is 0 Å². The van der Waals surface area contributed by atoms with Crippen molar-refractivity contribution >= 4 is 33.1 Å². The zero-order valence-corrected chi connectivity index (χ0v) is 20.0. The molecular weight excluding hydrogens is 460 g/mol. The summed E-state index contributed by atoms with van der Waals surface area (Å²) in [5.41, 5.74) is 0.657. The lowest BCUT2D eigenvalue weighted by Crippen LogP contribution is -2.46. The van der Waals surface area contributed by atoms with Crippen molar-refractivity contribution in [2.45, 2.75) is 23.8 Å². The van der Waals surface area contributed by atoms with Crippen LogP contribution in [-0.4, -0.2) is 75.9 Å². The average Bonchev–Trinajstić information content (AvgIpc) is 3.47. The van der Waals surface area contributed by atoms with Crippen molar-refractivity contribution in [2.24, 2.45) is 10.3 Å². The molecule has 2 saturated heterocycles. The van der Waals surface area contributed by atoms with E-state index in [1.165, 1.54) is 4.88 Å². The van der Waals surface area contributed by atoms with Crippen LogP contribution in [0.4, 0.5) is 0 Å². The van der Waals surface area contributed by atoms with Crippen LogP contribution in [0.15, 0.2) is 51.1 Å². The summed E-state index contributed by atoms with van der Waals surface area (Å²) in [5, 5.41) is 5.27. The van der Waals surface area contributed by atoms with Gasteiger partial charge in [-0.2, -0.15) is 8.42 Å². The molecule has 1 atom stereocenters. The van der Waals surface area contributed by atoms with Crippen molar-refractivity contribution < 1.29 is 17.9 Å². The highest BCUT2D eigenvalue weighted by atomic mass is 32.2. The van der Waals surface area contributed by atoms with E-state index in [2.05, 4.69) is 32.1 Å². The molecule has 8 nitrogen and oxygen atoms in total. The first kappa shape index (κ1) is 22.5. The number of benzene rings is 1. The predicted octanol–water partition coefficient (Wildman–Crippen LogP) is 2.10. The van der Waals surface area contributed by atoms with Crippen molar-refractivity contribution in [1.82, 2.24) is 15.1 Å². The zero-order valence-electron chi connectivity index (χ0n) is 18.4. The quantitative estimate of drug-likeness (QED) is 0.693. The van der Waals surface area contributed by atoms with Gasteiger partial charge in [0.05, 0.1) is 19.3 Å². The van der Waals surface area contributed by atoms with Gasteiger partial charge in [-0.25, -0.2) is 0 Å². The van der Waals surface area contributed by atoms with Crippen LogP contribution >= 0.6 is 11.3 Å². The third kappa shape index (κ3) is 4.70. The average molecular weight is 489 g/mol. The minimum absolute atomic E-state index is 0.0749. The van der Waals surface area contributed by atoms with Crippen molar-refractivity contribution in [2.75, 3.05) is 45.9 Å². The maximum atomic E-state index is 13.0. The molecule has 3 aliphatic heterocycles. The van der Waals surface area contributed by atoms with E-state index in [0.29, 0.717) is 43.9 Å². The number of thiophene rings is 1. The molecule has 3 aliphatic rings. The van der Waals surface area contributed by atoms with Crippen molar-refractivity contribution in [1.29, 1.82) is 0 Å². The smallest absolute Gasteiger partial charge is 0.285 e. The lowest BCUT2D eigenvalue weighted by Gasteiger charge is -2.35.